The lowest BCUT2D eigenvalue weighted by atomic mass is 10.1. The van der Waals surface area contributed by atoms with Gasteiger partial charge in [0.25, 0.3) is 0 Å². The predicted molar refractivity (Wildman–Crippen MR) is 77.1 cm³/mol. The Bertz CT molecular complexity index is 491. The minimum absolute atomic E-state index is 0.0239. The van der Waals surface area contributed by atoms with E-state index < -0.39 is 17.7 Å². The zero-order valence-corrected chi connectivity index (χ0v) is 12.9. The maximum atomic E-state index is 11.8. The highest BCUT2D eigenvalue weighted by atomic mass is 16.6. The lowest BCUT2D eigenvalue weighted by Gasteiger charge is -2.23. The summed E-state index contributed by atoms with van der Waals surface area (Å²) < 4.78 is 5.20. The predicted octanol–water partition coefficient (Wildman–Crippen LogP) is 2.02. The minimum Gasteiger partial charge on any atom is -0.481 e. The number of ether oxygens (including phenoxy) is 1. The molecule has 1 rings (SSSR count). The van der Waals surface area contributed by atoms with Crippen molar-refractivity contribution in [2.45, 2.75) is 58.6 Å². The maximum Gasteiger partial charge on any atom is 0.407 e. The Labute approximate surface area is 124 Å². The number of aliphatic carboxylic acids is 1. The van der Waals surface area contributed by atoms with E-state index in [1.54, 1.807) is 27.1 Å². The average molecular weight is 297 g/mol. The van der Waals surface area contributed by atoms with Crippen molar-refractivity contribution in [3.8, 4) is 0 Å². The zero-order chi connectivity index (χ0) is 16.0. The summed E-state index contributed by atoms with van der Waals surface area (Å²) in [4.78, 5) is 29.7. The molecule has 1 amide bonds. The first-order chi connectivity index (χ1) is 9.67. The van der Waals surface area contributed by atoms with E-state index in [2.05, 4.69) is 15.3 Å². The van der Waals surface area contributed by atoms with Gasteiger partial charge in [-0.2, -0.15) is 0 Å². The van der Waals surface area contributed by atoms with Crippen LogP contribution in [0.15, 0.2) is 6.33 Å². The van der Waals surface area contributed by atoms with Gasteiger partial charge in [0.05, 0.1) is 12.0 Å². The molecule has 0 aliphatic carbocycles. The van der Waals surface area contributed by atoms with Gasteiger partial charge >= 0.3 is 12.1 Å². The summed E-state index contributed by atoms with van der Waals surface area (Å²) in [6, 6.07) is -0.335. The van der Waals surface area contributed by atoms with Gasteiger partial charge < -0.3 is 20.1 Å². The first-order valence-electron chi connectivity index (χ1n) is 6.87. The van der Waals surface area contributed by atoms with Gasteiger partial charge in [0, 0.05) is 24.6 Å². The lowest BCUT2D eigenvalue weighted by Crippen LogP contribution is -2.40. The van der Waals surface area contributed by atoms with Crippen LogP contribution in [-0.2, 0) is 16.0 Å². The van der Waals surface area contributed by atoms with Crippen LogP contribution < -0.4 is 5.32 Å². The second-order valence-electron chi connectivity index (χ2n) is 5.95. The Morgan fingerprint density at radius 1 is 1.48 bits per heavy atom. The molecule has 1 atom stereocenters. The van der Waals surface area contributed by atoms with E-state index in [1.165, 1.54) is 0 Å². The van der Waals surface area contributed by atoms with Crippen LogP contribution in [-0.4, -0.2) is 38.8 Å². The molecule has 3 N–H and O–H groups in total. The third kappa shape index (κ3) is 6.78. The van der Waals surface area contributed by atoms with Crippen LogP contribution in [0.1, 0.15) is 45.0 Å². The molecule has 0 aliphatic rings. The molecule has 118 valence electrons. The molecule has 0 fully saturated rings. The number of rotatable bonds is 6. The number of carboxylic acid groups (broad SMARTS) is 1. The van der Waals surface area contributed by atoms with Crippen LogP contribution in [0.2, 0.25) is 0 Å². The van der Waals surface area contributed by atoms with E-state index in [9.17, 15) is 9.59 Å². The van der Waals surface area contributed by atoms with E-state index in [0.29, 0.717) is 12.8 Å². The molecule has 0 radical (unpaired) electrons. The molecule has 0 saturated heterocycles. The van der Waals surface area contributed by atoms with Gasteiger partial charge in [0.2, 0.25) is 0 Å². The molecular weight excluding hydrogens is 274 g/mol. The number of hydrogen-bond acceptors (Lipinski definition) is 4. The molecule has 0 spiro atoms. The highest BCUT2D eigenvalue weighted by Crippen LogP contribution is 2.11. The molecule has 1 aromatic heterocycles. The third-order valence-corrected chi connectivity index (χ3v) is 2.80. The van der Waals surface area contributed by atoms with E-state index in [4.69, 9.17) is 9.84 Å². The minimum atomic E-state index is -0.898. The second kappa shape index (κ2) is 7.10. The molecule has 0 aromatic carbocycles. The number of hydrogen-bond donors (Lipinski definition) is 3. The molecular formula is C14H23N3O4. The smallest absolute Gasteiger partial charge is 0.407 e. The highest BCUT2D eigenvalue weighted by Gasteiger charge is 2.21. The van der Waals surface area contributed by atoms with Crippen molar-refractivity contribution in [3.63, 3.8) is 0 Å². The van der Waals surface area contributed by atoms with Gasteiger partial charge in [-0.25, -0.2) is 9.78 Å². The van der Waals surface area contributed by atoms with Crippen molar-refractivity contribution in [2.75, 3.05) is 0 Å². The molecule has 21 heavy (non-hydrogen) atoms. The van der Waals surface area contributed by atoms with Gasteiger partial charge in [-0.1, -0.05) is 0 Å². The van der Waals surface area contributed by atoms with Gasteiger partial charge in [-0.3, -0.25) is 4.79 Å². The third-order valence-electron chi connectivity index (χ3n) is 2.80. The van der Waals surface area contributed by atoms with E-state index in [0.717, 1.165) is 11.4 Å². The van der Waals surface area contributed by atoms with E-state index >= 15 is 0 Å². The molecule has 1 unspecified atom stereocenters. The average Bonchev–Trinajstić information content (AvgIpc) is 2.69. The normalized spacial score (nSPS) is 12.8. The van der Waals surface area contributed by atoms with Crippen molar-refractivity contribution >= 4 is 12.1 Å². The zero-order valence-electron chi connectivity index (χ0n) is 12.9. The van der Waals surface area contributed by atoms with Crippen molar-refractivity contribution < 1.29 is 19.4 Å². The molecule has 7 heteroatoms. The van der Waals surface area contributed by atoms with Crippen LogP contribution in [0, 0.1) is 6.92 Å². The largest absolute Gasteiger partial charge is 0.481 e. The number of aromatic nitrogens is 2. The first kappa shape index (κ1) is 17.0. The fourth-order valence-electron chi connectivity index (χ4n) is 1.82. The molecule has 7 nitrogen and oxygen atoms in total. The van der Waals surface area contributed by atoms with Crippen LogP contribution >= 0.6 is 0 Å². The number of imidazole rings is 1. The number of carboxylic acids is 1. The number of aromatic amines is 1. The first-order valence-corrected chi connectivity index (χ1v) is 6.87. The van der Waals surface area contributed by atoms with Gasteiger partial charge in [-0.15, -0.1) is 0 Å². The van der Waals surface area contributed by atoms with Crippen molar-refractivity contribution in [1.82, 2.24) is 15.3 Å². The summed E-state index contributed by atoms with van der Waals surface area (Å²) in [5.74, 6) is -0.898. The Hall–Kier alpha value is -2.05. The second-order valence-corrected chi connectivity index (χ2v) is 5.95. The van der Waals surface area contributed by atoms with E-state index in [1.807, 2.05) is 6.92 Å². The summed E-state index contributed by atoms with van der Waals surface area (Å²) in [5.41, 5.74) is 1.12. The van der Waals surface area contributed by atoms with Crippen LogP contribution in [0.25, 0.3) is 0 Å². The highest BCUT2D eigenvalue weighted by molar-refractivity contribution is 5.69. The summed E-state index contributed by atoms with van der Waals surface area (Å²) in [6.45, 7) is 7.20. The standard InChI is InChI=1S/C14H23N3O4/c1-9-11(16-8-15-9)7-10(5-6-12(18)19)17-13(20)21-14(2,3)4/h8,10H,5-7H2,1-4H3,(H,15,16)(H,17,20)(H,18,19). The van der Waals surface area contributed by atoms with Gasteiger partial charge in [0.1, 0.15) is 5.60 Å². The Kier molecular flexibility index (Phi) is 5.75. The Balaban J connectivity index is 2.66. The molecule has 0 bridgehead atoms. The summed E-state index contributed by atoms with van der Waals surface area (Å²) in [7, 11) is 0. The van der Waals surface area contributed by atoms with Crippen LogP contribution in [0.3, 0.4) is 0 Å². The fourth-order valence-corrected chi connectivity index (χ4v) is 1.82. The number of carbonyl (C=O) groups excluding carboxylic acids is 1. The number of carbonyl (C=O) groups is 2. The molecule has 0 saturated carbocycles. The van der Waals surface area contributed by atoms with Crippen LogP contribution in [0.5, 0.6) is 0 Å². The van der Waals surface area contributed by atoms with Gasteiger partial charge in [0.15, 0.2) is 0 Å². The number of nitrogens with zero attached hydrogens (tertiary/aromatic N) is 1. The monoisotopic (exact) mass is 297 g/mol. The van der Waals surface area contributed by atoms with Crippen molar-refractivity contribution in [2.24, 2.45) is 0 Å². The number of amides is 1. The Morgan fingerprint density at radius 3 is 2.62 bits per heavy atom. The molecule has 1 aromatic rings. The number of H-pyrrole nitrogens is 1. The lowest BCUT2D eigenvalue weighted by molar-refractivity contribution is -0.137. The molecule has 1 heterocycles. The summed E-state index contributed by atoms with van der Waals surface area (Å²) in [5, 5.41) is 11.5. The van der Waals surface area contributed by atoms with Crippen LogP contribution in [0.4, 0.5) is 4.79 Å². The van der Waals surface area contributed by atoms with Gasteiger partial charge in [-0.05, 0) is 34.1 Å². The van der Waals surface area contributed by atoms with Crippen molar-refractivity contribution in [3.05, 3.63) is 17.7 Å². The number of aryl methyl sites for hydroxylation is 1. The topological polar surface area (TPSA) is 104 Å². The van der Waals surface area contributed by atoms with Crippen molar-refractivity contribution in [1.29, 1.82) is 0 Å². The molecule has 0 aliphatic heterocycles. The SMILES string of the molecule is Cc1[nH]cnc1CC(CCC(=O)O)NC(=O)OC(C)(C)C. The fraction of sp³-hybridized carbons (Fsp3) is 0.643. The maximum absolute atomic E-state index is 11.8. The number of nitrogens with one attached hydrogen (secondary N) is 2. The summed E-state index contributed by atoms with van der Waals surface area (Å²) >= 11 is 0. The van der Waals surface area contributed by atoms with E-state index in [-0.39, 0.29) is 12.5 Å². The summed E-state index contributed by atoms with van der Waals surface area (Å²) in [6.07, 6.45) is 1.78. The quantitative estimate of drug-likeness (QED) is 0.745. The number of alkyl carbamates (subject to hydrolysis) is 1. The Morgan fingerprint density at radius 2 is 2.14 bits per heavy atom.